The Hall–Kier alpha value is -5.90. The predicted molar refractivity (Wildman–Crippen MR) is 287 cm³/mol. The number of aliphatic hydroxyl groups is 1. The third kappa shape index (κ3) is 13.7. The van der Waals surface area contributed by atoms with Crippen LogP contribution in [0.4, 0.5) is 11.6 Å². The highest BCUT2D eigenvalue weighted by atomic mass is 32.5. The molecule has 25 nitrogen and oxygen atoms in total. The van der Waals surface area contributed by atoms with Crippen LogP contribution in [0.3, 0.4) is 0 Å². The van der Waals surface area contributed by atoms with Gasteiger partial charge in [0.1, 0.15) is 56.4 Å². The topological polar surface area (TPSA) is 261 Å². The van der Waals surface area contributed by atoms with Crippen molar-refractivity contribution >= 4 is 72.8 Å². The van der Waals surface area contributed by atoms with E-state index < -0.39 is 76.1 Å². The molecule has 2 saturated heterocycles. The Bertz CT molecular complexity index is 3080. The number of ether oxygens (including phenoxy) is 4. The Morgan fingerprint density at radius 3 is 1.81 bits per heavy atom. The van der Waals surface area contributed by atoms with E-state index in [0.29, 0.717) is 22.4 Å². The van der Waals surface area contributed by atoms with Crippen molar-refractivity contribution in [1.82, 2.24) is 43.7 Å². The third-order valence-corrected chi connectivity index (χ3v) is 16.4. The number of fused-ring (bicyclic) bond motifs is 2. The number of rotatable bonds is 24. The SMILES string of the molecule is [2H]C[C@H]1O[C@@H](n2cnc3c(NC(=O)c4ccccc4)ncnc32)[C@@H](OC)C1OP(=S)(OCC[N+]#[C-])OC[C@H]1O[C@@H](n2cnc3c(NC(=O)c4ccccc4)ncnc32)[C@@H](OC)C1OP(OCC[N+]#[C-])N(C(C)C)C(C)C.[3H]OC. The van der Waals surface area contributed by atoms with Gasteiger partial charge >= 0.3 is 6.72 Å². The number of methoxy groups -OCH3 is 2. The van der Waals surface area contributed by atoms with Crippen molar-refractivity contribution in [2.45, 2.75) is 95.8 Å². The molecule has 2 aromatic carbocycles. The molecule has 0 aliphatic carbocycles. The molecule has 10 atom stereocenters. The zero-order chi connectivity index (χ0) is 56.6. The number of nitrogens with zero attached hydrogens (tertiary/aromatic N) is 11. The second-order valence-electron chi connectivity index (χ2n) is 17.4. The van der Waals surface area contributed by atoms with Crippen molar-refractivity contribution in [1.29, 1.82) is 1.43 Å². The Morgan fingerprint density at radius 1 is 0.805 bits per heavy atom. The average molecular weight is 1120 g/mol. The maximum atomic E-state index is 13.3. The minimum absolute atomic E-state index is 0.0615. The fraction of sp³-hybridized carbons (Fsp3) is 0.469. The molecule has 4 aromatic heterocycles. The van der Waals surface area contributed by atoms with Gasteiger partial charge in [0.2, 0.25) is 14.5 Å². The summed E-state index contributed by atoms with van der Waals surface area (Å²) >= 11 is 6.16. The van der Waals surface area contributed by atoms with Crippen molar-refractivity contribution in [3.05, 3.63) is 120 Å². The first-order chi connectivity index (χ1) is 38.2. The lowest BCUT2D eigenvalue weighted by Gasteiger charge is -2.38. The molecule has 4 unspecified atom stereocenters. The van der Waals surface area contributed by atoms with Gasteiger partial charge < -0.3 is 62.5 Å². The number of aliphatic hydroxyl groups excluding tert-OH is 1. The lowest BCUT2D eigenvalue weighted by molar-refractivity contribution is -0.0603. The molecule has 410 valence electrons. The molecule has 6 heterocycles. The summed E-state index contributed by atoms with van der Waals surface area (Å²) in [6.07, 6.45) is -2.32. The first kappa shape index (κ1) is 55.8. The summed E-state index contributed by atoms with van der Waals surface area (Å²) in [4.78, 5) is 60.1. The quantitative estimate of drug-likeness (QED) is 0.0318. The number of benzene rings is 2. The Labute approximate surface area is 454 Å². The van der Waals surface area contributed by atoms with E-state index in [2.05, 4.69) is 60.0 Å². The molecule has 0 saturated carbocycles. The monoisotopic (exact) mass is 1120 g/mol. The van der Waals surface area contributed by atoms with Gasteiger partial charge in [-0.25, -0.2) is 47.7 Å². The molecule has 8 rings (SSSR count). The van der Waals surface area contributed by atoms with Crippen molar-refractivity contribution in [2.75, 3.05) is 64.9 Å². The first-order valence-electron chi connectivity index (χ1n) is 25.2. The van der Waals surface area contributed by atoms with E-state index in [1.807, 2.05) is 33.8 Å². The maximum absolute atomic E-state index is 13.3. The van der Waals surface area contributed by atoms with Crippen LogP contribution in [0.2, 0.25) is 0 Å². The van der Waals surface area contributed by atoms with Gasteiger partial charge in [-0.15, -0.1) is 0 Å². The van der Waals surface area contributed by atoms with Gasteiger partial charge in [-0.05, 0) is 70.7 Å². The molecular formula is C49H61N13O12P2S. The Kier molecular flexibility index (Phi) is 20.0. The average Bonchev–Trinajstić information content (AvgIpc) is 4.45. The normalized spacial score (nSPS) is 22.7. The van der Waals surface area contributed by atoms with Crippen LogP contribution in [-0.4, -0.2) is 165 Å². The number of aromatic nitrogens is 8. The van der Waals surface area contributed by atoms with Crippen molar-refractivity contribution in [3.63, 3.8) is 0 Å². The highest BCUT2D eigenvalue weighted by Gasteiger charge is 2.52. The van der Waals surface area contributed by atoms with E-state index in [1.165, 1.54) is 46.6 Å². The van der Waals surface area contributed by atoms with Crippen molar-refractivity contribution in [3.8, 4) is 0 Å². The highest BCUT2D eigenvalue weighted by Crippen LogP contribution is 2.56. The molecule has 0 radical (unpaired) electrons. The second-order valence-corrected chi connectivity index (χ2v) is 21.8. The standard InChI is InChI=1S/C48H57N13O11P2S.CH4O/c1-29(2)61(30(3)4)73(66-22-20-49-6)71-38-34(70-48(40(38)65-9)60-28-56-36-42(52-26-54-44(36)60)58-46(63)33-18-14-11-15-19-33)24-68-74(75,67-23-21-50-7)72-37-31(5)69-47(39(37)64-8)59-27-55-35-41(51-25-53-43(35)59)57-45(62)32-16-12-10-13-17-32;1-2/h10-19,25-31,34,37-40,47-48H,20-24H2,1-5,8-9H3,(H,51,53,57,62)(H,52,54,58,63);2H,1H3/t31-,34-,37?,38?,39+,40+,47-,48-,73?,74?;/m1./s1/i5D;2T. The third-order valence-electron chi connectivity index (χ3n) is 11.9. The van der Waals surface area contributed by atoms with Crippen LogP contribution in [0.1, 0.15) is 69.1 Å². The number of amides is 2. The van der Waals surface area contributed by atoms with Gasteiger partial charge in [0.05, 0.1) is 25.4 Å². The molecule has 0 spiro atoms. The number of carbonyl (C=O) groups excluding carboxylic acids is 2. The summed E-state index contributed by atoms with van der Waals surface area (Å²) in [5, 5.41) is 9.14. The molecule has 6 aromatic rings. The smallest absolute Gasteiger partial charge is 0.327 e. The molecular weight excluding hydrogens is 1060 g/mol. The van der Waals surface area contributed by atoms with Gasteiger partial charge in [0.25, 0.3) is 20.3 Å². The Morgan fingerprint density at radius 2 is 1.31 bits per heavy atom. The van der Waals surface area contributed by atoms with Gasteiger partial charge in [-0.3, -0.25) is 23.2 Å². The summed E-state index contributed by atoms with van der Waals surface area (Å²) in [5.41, 5.74) is 1.97. The second kappa shape index (κ2) is 27.6. The number of anilines is 2. The first-order valence-corrected chi connectivity index (χ1v) is 27.8. The summed E-state index contributed by atoms with van der Waals surface area (Å²) < 4.78 is 78.0. The zero-order valence-corrected chi connectivity index (χ0v) is 45.8. The lowest BCUT2D eigenvalue weighted by Crippen LogP contribution is -2.41. The number of nitrogens with one attached hydrogen (secondary N) is 2. The number of imidazole rings is 2. The van der Waals surface area contributed by atoms with E-state index in [1.54, 1.807) is 63.7 Å². The molecule has 2 amide bonds. The van der Waals surface area contributed by atoms with Crippen LogP contribution in [0, 0.1) is 13.1 Å². The van der Waals surface area contributed by atoms with Gasteiger partial charge in [0.15, 0.2) is 46.4 Å². The number of carbonyl (C=O) groups is 2. The van der Waals surface area contributed by atoms with Gasteiger partial charge in [0, 0.05) is 45.9 Å². The molecule has 77 heavy (non-hydrogen) atoms. The summed E-state index contributed by atoms with van der Waals surface area (Å²) in [6, 6.07) is 17.2. The van der Waals surface area contributed by atoms with Crippen LogP contribution in [0.5, 0.6) is 0 Å². The predicted octanol–water partition coefficient (Wildman–Crippen LogP) is 6.85. The van der Waals surface area contributed by atoms with E-state index in [4.69, 9.17) is 69.3 Å². The molecule has 0 bridgehead atoms. The van der Waals surface area contributed by atoms with E-state index >= 15 is 0 Å². The highest BCUT2D eigenvalue weighted by molar-refractivity contribution is 8.07. The summed E-state index contributed by atoms with van der Waals surface area (Å²) in [5.74, 6) is -0.466. The fourth-order valence-electron chi connectivity index (χ4n) is 8.56. The lowest BCUT2D eigenvalue weighted by atomic mass is 10.1. The summed E-state index contributed by atoms with van der Waals surface area (Å²) in [7, 11) is 2.36. The van der Waals surface area contributed by atoms with Crippen LogP contribution in [0.15, 0.2) is 86.0 Å². The van der Waals surface area contributed by atoms with E-state index in [0.717, 1.165) is 0 Å². The molecule has 3 N–H and O–H groups in total. The zero-order valence-electron chi connectivity index (χ0n) is 45.2. The van der Waals surface area contributed by atoms with Crippen LogP contribution in [-0.2, 0) is 53.4 Å². The van der Waals surface area contributed by atoms with Gasteiger partial charge in [-0.1, -0.05) is 36.4 Å². The molecule has 2 aliphatic heterocycles. The Balaban J connectivity index is 0.00000294. The van der Waals surface area contributed by atoms with Crippen LogP contribution >= 0.6 is 15.2 Å². The molecule has 2 fully saturated rings. The van der Waals surface area contributed by atoms with Gasteiger partial charge in [-0.2, -0.15) is 0 Å². The molecule has 28 heteroatoms. The number of hydrogen-bond donors (Lipinski definition) is 3. The van der Waals surface area contributed by atoms with E-state index in [9.17, 15) is 9.59 Å². The number of hydrogen-bond acceptors (Lipinski definition) is 20. The van der Waals surface area contributed by atoms with Crippen LogP contribution < -0.4 is 10.6 Å². The summed E-state index contributed by atoms with van der Waals surface area (Å²) in [6.45, 7) is 18.3. The van der Waals surface area contributed by atoms with E-state index in [-0.39, 0.29) is 74.6 Å². The minimum Gasteiger partial charge on any atom is -0.400 e. The van der Waals surface area contributed by atoms with Crippen molar-refractivity contribution in [2.24, 2.45) is 0 Å². The molecule has 2 aliphatic rings. The fourth-order valence-corrected chi connectivity index (χ4v) is 12.4. The van der Waals surface area contributed by atoms with Crippen molar-refractivity contribution < 1.29 is 57.6 Å². The van der Waals surface area contributed by atoms with Crippen LogP contribution in [0.25, 0.3) is 32.0 Å². The minimum atomic E-state index is -3.96. The largest absolute Gasteiger partial charge is 0.400 e. The maximum Gasteiger partial charge on any atom is 0.327 e.